The third-order valence-electron chi connectivity index (χ3n) is 5.63. The minimum Gasteiger partial charge on any atom is -0.457 e. The van der Waals surface area contributed by atoms with Crippen LogP contribution in [0.5, 0.6) is 5.75 Å². The van der Waals surface area contributed by atoms with E-state index in [0.29, 0.717) is 22.0 Å². The summed E-state index contributed by atoms with van der Waals surface area (Å²) in [6.07, 6.45) is -1.76. The average Bonchev–Trinajstić information content (AvgIpc) is 3.27. The summed E-state index contributed by atoms with van der Waals surface area (Å²) >= 11 is 0. The van der Waals surface area contributed by atoms with E-state index in [-0.39, 0.29) is 11.3 Å². The van der Waals surface area contributed by atoms with E-state index in [0.717, 1.165) is 5.39 Å². The molecule has 5 aromatic rings. The van der Waals surface area contributed by atoms with Gasteiger partial charge >= 0.3 is 0 Å². The Balaban J connectivity index is 1.49. The summed E-state index contributed by atoms with van der Waals surface area (Å²) < 4.78 is 63.1. The van der Waals surface area contributed by atoms with Crippen LogP contribution in [-0.4, -0.2) is 32.7 Å². The van der Waals surface area contributed by atoms with Crippen molar-refractivity contribution in [1.29, 1.82) is 0 Å². The smallest absolute Gasteiger partial charge is 0.277 e. The standard InChI is InChI=1S/C25H17F4N3O2/c26-19-3-5-20(6-4-19)32-22-8-2-18(11-17(22)14-31-32)25(33,23(27)28)24(29)34-21-7-1-15-9-10-30-13-16(15)12-21/h1-14,23-24,33H. The molecule has 0 aliphatic rings. The van der Waals surface area contributed by atoms with Crippen molar-refractivity contribution in [3.8, 4) is 11.4 Å². The van der Waals surface area contributed by atoms with Crippen LogP contribution in [0.2, 0.25) is 0 Å². The monoisotopic (exact) mass is 467 g/mol. The first kappa shape index (κ1) is 21.8. The van der Waals surface area contributed by atoms with Crippen molar-refractivity contribution >= 4 is 21.7 Å². The van der Waals surface area contributed by atoms with Crippen LogP contribution in [0.4, 0.5) is 17.6 Å². The van der Waals surface area contributed by atoms with Crippen molar-refractivity contribution in [2.75, 3.05) is 0 Å². The maximum absolute atomic E-state index is 15.2. The fraction of sp³-hybridized carbons (Fsp3) is 0.120. The number of benzene rings is 3. The summed E-state index contributed by atoms with van der Waals surface area (Å²) in [5.74, 6) is -0.446. The van der Waals surface area contributed by atoms with Gasteiger partial charge in [-0.05, 0) is 65.5 Å². The number of alkyl halides is 3. The number of ether oxygens (including phenoxy) is 1. The van der Waals surface area contributed by atoms with Crippen LogP contribution in [0.25, 0.3) is 27.4 Å². The predicted octanol–water partition coefficient (Wildman–Crippen LogP) is 5.54. The summed E-state index contributed by atoms with van der Waals surface area (Å²) in [4.78, 5) is 3.97. The summed E-state index contributed by atoms with van der Waals surface area (Å²) in [5, 5.41) is 16.8. The molecule has 0 spiro atoms. The molecule has 1 N–H and O–H groups in total. The van der Waals surface area contributed by atoms with Gasteiger partial charge in [-0.2, -0.15) is 9.49 Å². The zero-order valence-corrected chi connectivity index (χ0v) is 17.4. The van der Waals surface area contributed by atoms with Gasteiger partial charge in [0, 0.05) is 23.2 Å². The molecule has 5 nitrogen and oxygen atoms in total. The van der Waals surface area contributed by atoms with Crippen LogP contribution in [-0.2, 0) is 5.60 Å². The van der Waals surface area contributed by atoms with Gasteiger partial charge in [-0.15, -0.1) is 0 Å². The summed E-state index contributed by atoms with van der Waals surface area (Å²) in [7, 11) is 0. The molecule has 2 unspecified atom stereocenters. The Morgan fingerprint density at radius 2 is 1.65 bits per heavy atom. The topological polar surface area (TPSA) is 60.2 Å². The maximum atomic E-state index is 15.2. The van der Waals surface area contributed by atoms with Crippen molar-refractivity contribution in [3.05, 3.63) is 96.7 Å². The molecule has 0 saturated carbocycles. The lowest BCUT2D eigenvalue weighted by molar-refractivity contribution is -0.200. The lowest BCUT2D eigenvalue weighted by Gasteiger charge is -2.31. The van der Waals surface area contributed by atoms with Gasteiger partial charge in [-0.3, -0.25) is 4.98 Å². The van der Waals surface area contributed by atoms with E-state index in [1.54, 1.807) is 18.3 Å². The van der Waals surface area contributed by atoms with E-state index in [1.807, 2.05) is 0 Å². The van der Waals surface area contributed by atoms with Crippen molar-refractivity contribution < 1.29 is 27.4 Å². The molecule has 0 bridgehead atoms. The van der Waals surface area contributed by atoms with Gasteiger partial charge < -0.3 is 9.84 Å². The SMILES string of the molecule is OC(c1ccc2c(cnn2-c2ccc(F)cc2)c1)(C(F)F)C(F)Oc1ccc2ccncc2c1. The maximum Gasteiger partial charge on any atom is 0.277 e. The first-order chi connectivity index (χ1) is 16.4. The minimum atomic E-state index is -3.49. The first-order valence-electron chi connectivity index (χ1n) is 10.3. The third-order valence-corrected chi connectivity index (χ3v) is 5.63. The Morgan fingerprint density at radius 3 is 2.41 bits per heavy atom. The number of rotatable bonds is 6. The normalized spacial score (nSPS) is 14.4. The van der Waals surface area contributed by atoms with E-state index < -0.39 is 24.2 Å². The number of fused-ring (bicyclic) bond motifs is 2. The molecule has 172 valence electrons. The number of hydrogen-bond donors (Lipinski definition) is 1. The number of aliphatic hydroxyl groups is 1. The molecule has 2 aromatic heterocycles. The fourth-order valence-electron chi connectivity index (χ4n) is 3.77. The largest absolute Gasteiger partial charge is 0.457 e. The van der Waals surface area contributed by atoms with E-state index in [2.05, 4.69) is 10.1 Å². The predicted molar refractivity (Wildman–Crippen MR) is 118 cm³/mol. The van der Waals surface area contributed by atoms with E-state index in [1.165, 1.54) is 71.7 Å². The Kier molecular flexibility index (Phi) is 5.41. The molecule has 2 heterocycles. The fourth-order valence-corrected chi connectivity index (χ4v) is 3.77. The van der Waals surface area contributed by atoms with Gasteiger partial charge in [0.2, 0.25) is 5.60 Å². The van der Waals surface area contributed by atoms with Gasteiger partial charge in [-0.25, -0.2) is 17.9 Å². The Bertz CT molecular complexity index is 1470. The summed E-state index contributed by atoms with van der Waals surface area (Å²) in [5.41, 5.74) is -2.56. The molecule has 3 aromatic carbocycles. The second kappa shape index (κ2) is 8.42. The molecule has 0 aliphatic carbocycles. The van der Waals surface area contributed by atoms with Crippen LogP contribution in [0, 0.1) is 5.82 Å². The quantitative estimate of drug-likeness (QED) is 0.333. The van der Waals surface area contributed by atoms with E-state index in [9.17, 15) is 18.3 Å². The number of nitrogens with zero attached hydrogens (tertiary/aromatic N) is 3. The van der Waals surface area contributed by atoms with Crippen molar-refractivity contribution in [2.24, 2.45) is 0 Å². The Morgan fingerprint density at radius 1 is 0.853 bits per heavy atom. The molecule has 0 amide bonds. The summed E-state index contributed by atoms with van der Waals surface area (Å²) in [6.45, 7) is 0. The van der Waals surface area contributed by atoms with Crippen molar-refractivity contribution in [2.45, 2.75) is 18.4 Å². The summed E-state index contributed by atoms with van der Waals surface area (Å²) in [6, 6.07) is 15.7. The van der Waals surface area contributed by atoms with Crippen LogP contribution >= 0.6 is 0 Å². The zero-order valence-electron chi connectivity index (χ0n) is 17.4. The van der Waals surface area contributed by atoms with Crippen LogP contribution < -0.4 is 4.74 Å². The molecular weight excluding hydrogens is 450 g/mol. The average molecular weight is 467 g/mol. The second-order valence-electron chi connectivity index (χ2n) is 7.75. The lowest BCUT2D eigenvalue weighted by atomic mass is 9.93. The zero-order chi connectivity index (χ0) is 23.9. The molecule has 0 radical (unpaired) electrons. The lowest BCUT2D eigenvalue weighted by Crippen LogP contribution is -2.46. The van der Waals surface area contributed by atoms with Gasteiger partial charge in [0.1, 0.15) is 11.6 Å². The molecule has 0 saturated heterocycles. The van der Waals surface area contributed by atoms with Gasteiger partial charge in [-0.1, -0.05) is 12.1 Å². The first-order valence-corrected chi connectivity index (χ1v) is 10.3. The molecule has 2 atom stereocenters. The van der Waals surface area contributed by atoms with Crippen LogP contribution in [0.1, 0.15) is 5.56 Å². The molecule has 34 heavy (non-hydrogen) atoms. The minimum absolute atomic E-state index is 0.0303. The number of pyridine rings is 1. The van der Waals surface area contributed by atoms with E-state index >= 15 is 4.39 Å². The molecule has 0 fully saturated rings. The van der Waals surface area contributed by atoms with Crippen molar-refractivity contribution in [1.82, 2.24) is 14.8 Å². The second-order valence-corrected chi connectivity index (χ2v) is 7.75. The Labute approximate surface area is 190 Å². The van der Waals surface area contributed by atoms with Gasteiger partial charge in [0.25, 0.3) is 12.8 Å². The van der Waals surface area contributed by atoms with Crippen molar-refractivity contribution in [3.63, 3.8) is 0 Å². The Hall–Kier alpha value is -3.98. The number of halogens is 4. The molecule has 0 aliphatic heterocycles. The van der Waals surface area contributed by atoms with E-state index in [4.69, 9.17) is 4.74 Å². The number of aromatic nitrogens is 3. The van der Waals surface area contributed by atoms with Crippen LogP contribution in [0.3, 0.4) is 0 Å². The molecule has 9 heteroatoms. The molecule has 5 rings (SSSR count). The third kappa shape index (κ3) is 3.73. The molecular formula is C25H17F4N3O2. The van der Waals surface area contributed by atoms with Gasteiger partial charge in [0.15, 0.2) is 0 Å². The highest BCUT2D eigenvalue weighted by Gasteiger charge is 2.50. The highest BCUT2D eigenvalue weighted by Crippen LogP contribution is 2.37. The number of hydrogen-bond acceptors (Lipinski definition) is 4. The van der Waals surface area contributed by atoms with Crippen LogP contribution in [0.15, 0.2) is 85.3 Å². The highest BCUT2D eigenvalue weighted by atomic mass is 19.3. The van der Waals surface area contributed by atoms with Gasteiger partial charge in [0.05, 0.1) is 17.4 Å². The highest BCUT2D eigenvalue weighted by molar-refractivity contribution is 5.83.